The first-order valence-electron chi connectivity index (χ1n) is 6.93. The van der Waals surface area contributed by atoms with Crippen LogP contribution in [0.1, 0.15) is 28.9 Å². The van der Waals surface area contributed by atoms with E-state index in [9.17, 15) is 13.2 Å². The van der Waals surface area contributed by atoms with Crippen LogP contribution in [0.2, 0.25) is 0 Å². The smallest absolute Gasteiger partial charge is 0.251 e. The first-order chi connectivity index (χ1) is 10.8. The molecule has 2 aromatic rings. The van der Waals surface area contributed by atoms with E-state index in [4.69, 9.17) is 0 Å². The van der Waals surface area contributed by atoms with Crippen LogP contribution in [0.5, 0.6) is 0 Å². The Balaban J connectivity index is 2.20. The van der Waals surface area contributed by atoms with Gasteiger partial charge in [-0.1, -0.05) is 28.1 Å². The van der Waals surface area contributed by atoms with Gasteiger partial charge in [0.15, 0.2) is 0 Å². The predicted molar refractivity (Wildman–Crippen MR) is 92.7 cm³/mol. The van der Waals surface area contributed by atoms with Crippen molar-refractivity contribution in [2.75, 3.05) is 7.05 Å². The molecule has 0 spiro atoms. The monoisotopic (exact) mass is 396 g/mol. The molecule has 0 bridgehead atoms. The summed E-state index contributed by atoms with van der Waals surface area (Å²) in [7, 11) is -2.14. The molecular weight excluding hydrogens is 380 g/mol. The van der Waals surface area contributed by atoms with E-state index < -0.39 is 10.0 Å². The predicted octanol–water partition coefficient (Wildman–Crippen LogP) is 2.85. The van der Waals surface area contributed by atoms with Gasteiger partial charge >= 0.3 is 0 Å². The third-order valence-corrected chi connectivity index (χ3v) is 5.38. The molecule has 0 aromatic heterocycles. The zero-order valence-corrected chi connectivity index (χ0v) is 15.1. The molecule has 0 aliphatic rings. The van der Waals surface area contributed by atoms with Gasteiger partial charge in [0, 0.05) is 23.1 Å². The highest BCUT2D eigenvalue weighted by atomic mass is 79.9. The summed E-state index contributed by atoms with van der Waals surface area (Å²) in [6.07, 6.45) is 0. The molecule has 0 aliphatic heterocycles. The van der Waals surface area contributed by atoms with Gasteiger partial charge in [0.25, 0.3) is 5.91 Å². The summed E-state index contributed by atoms with van der Waals surface area (Å²) in [5.41, 5.74) is 1.26. The fraction of sp³-hybridized carbons (Fsp3) is 0.188. The van der Waals surface area contributed by atoms with E-state index in [2.05, 4.69) is 26.0 Å². The van der Waals surface area contributed by atoms with Crippen LogP contribution >= 0.6 is 15.9 Å². The van der Waals surface area contributed by atoms with Crippen LogP contribution in [0.3, 0.4) is 0 Å². The minimum Gasteiger partial charge on any atom is -0.355 e. The highest BCUT2D eigenvalue weighted by Crippen LogP contribution is 2.20. The maximum absolute atomic E-state index is 12.4. The molecule has 1 unspecified atom stereocenters. The highest BCUT2D eigenvalue weighted by molar-refractivity contribution is 9.10. The molecule has 1 amide bonds. The summed E-state index contributed by atoms with van der Waals surface area (Å²) < 4.78 is 28.4. The summed E-state index contributed by atoms with van der Waals surface area (Å²) in [4.78, 5) is 11.6. The van der Waals surface area contributed by atoms with E-state index in [-0.39, 0.29) is 16.8 Å². The van der Waals surface area contributed by atoms with Crippen LogP contribution in [0.15, 0.2) is 57.9 Å². The third-order valence-electron chi connectivity index (χ3n) is 3.33. The molecular formula is C16H17BrN2O3S. The van der Waals surface area contributed by atoms with Gasteiger partial charge in [0.1, 0.15) is 0 Å². The lowest BCUT2D eigenvalue weighted by Gasteiger charge is -2.15. The van der Waals surface area contributed by atoms with Gasteiger partial charge in [-0.05, 0) is 48.9 Å². The average Bonchev–Trinajstić information content (AvgIpc) is 2.54. The number of hydrogen-bond donors (Lipinski definition) is 2. The normalized spacial score (nSPS) is 12.7. The van der Waals surface area contributed by atoms with Crippen molar-refractivity contribution < 1.29 is 13.2 Å². The Kier molecular flexibility index (Phi) is 5.56. The van der Waals surface area contributed by atoms with Gasteiger partial charge in [0.05, 0.1) is 4.90 Å². The van der Waals surface area contributed by atoms with Crippen LogP contribution in [0, 0.1) is 0 Å². The SMILES string of the molecule is CNC(=O)c1ccc(S(=O)(=O)NC(C)c2cccc(Br)c2)cc1. The average molecular weight is 397 g/mol. The first kappa shape index (κ1) is 17.7. The summed E-state index contributed by atoms with van der Waals surface area (Å²) >= 11 is 3.37. The molecule has 0 radical (unpaired) electrons. The van der Waals surface area contributed by atoms with E-state index in [0.717, 1.165) is 10.0 Å². The van der Waals surface area contributed by atoms with Crippen molar-refractivity contribution in [3.05, 3.63) is 64.1 Å². The molecule has 2 rings (SSSR count). The molecule has 7 heteroatoms. The van der Waals surface area contributed by atoms with Crippen LogP contribution in [-0.4, -0.2) is 21.4 Å². The quantitative estimate of drug-likeness (QED) is 0.815. The molecule has 2 N–H and O–H groups in total. The molecule has 23 heavy (non-hydrogen) atoms. The van der Waals surface area contributed by atoms with Gasteiger partial charge in [-0.2, -0.15) is 0 Å². The zero-order valence-electron chi connectivity index (χ0n) is 12.7. The maximum Gasteiger partial charge on any atom is 0.251 e. The maximum atomic E-state index is 12.4. The molecule has 2 aromatic carbocycles. The fourth-order valence-corrected chi connectivity index (χ4v) is 3.72. The van der Waals surface area contributed by atoms with Crippen molar-refractivity contribution in [1.29, 1.82) is 0 Å². The lowest BCUT2D eigenvalue weighted by molar-refractivity contribution is 0.0963. The topological polar surface area (TPSA) is 75.3 Å². The van der Waals surface area contributed by atoms with Crippen LogP contribution in [0.4, 0.5) is 0 Å². The van der Waals surface area contributed by atoms with Gasteiger partial charge in [-0.15, -0.1) is 0 Å². The molecule has 1 atom stereocenters. The van der Waals surface area contributed by atoms with Gasteiger partial charge in [0.2, 0.25) is 10.0 Å². The Morgan fingerprint density at radius 2 is 1.78 bits per heavy atom. The fourth-order valence-electron chi connectivity index (χ4n) is 2.07. The molecule has 5 nitrogen and oxygen atoms in total. The van der Waals surface area contributed by atoms with Crippen molar-refractivity contribution in [2.45, 2.75) is 17.9 Å². The summed E-state index contributed by atoms with van der Waals surface area (Å²) in [6.45, 7) is 1.78. The Hall–Kier alpha value is -1.70. The summed E-state index contributed by atoms with van der Waals surface area (Å²) in [6, 6.07) is 12.9. The number of carbonyl (C=O) groups excluding carboxylic acids is 1. The van der Waals surface area contributed by atoms with Gasteiger partial charge in [-0.3, -0.25) is 4.79 Å². The van der Waals surface area contributed by atoms with Crippen molar-refractivity contribution in [2.24, 2.45) is 0 Å². The van der Waals surface area contributed by atoms with Gasteiger partial charge in [-0.25, -0.2) is 13.1 Å². The third kappa shape index (κ3) is 4.40. The minimum atomic E-state index is -3.67. The number of sulfonamides is 1. The van der Waals surface area contributed by atoms with Crippen molar-refractivity contribution in [3.63, 3.8) is 0 Å². The van der Waals surface area contributed by atoms with E-state index in [1.165, 1.54) is 31.3 Å². The molecule has 0 heterocycles. The van der Waals surface area contributed by atoms with Crippen molar-refractivity contribution in [3.8, 4) is 0 Å². The number of halogens is 1. The molecule has 122 valence electrons. The number of nitrogens with one attached hydrogen (secondary N) is 2. The number of amides is 1. The molecule has 0 saturated heterocycles. The minimum absolute atomic E-state index is 0.118. The van der Waals surface area contributed by atoms with Crippen molar-refractivity contribution in [1.82, 2.24) is 10.0 Å². The first-order valence-corrected chi connectivity index (χ1v) is 9.21. The van der Waals surface area contributed by atoms with Crippen molar-refractivity contribution >= 4 is 31.9 Å². The molecule has 0 aliphatic carbocycles. The summed E-state index contributed by atoms with van der Waals surface area (Å²) in [5.74, 6) is -0.260. The number of hydrogen-bond acceptors (Lipinski definition) is 3. The van der Waals surface area contributed by atoms with Crippen LogP contribution in [0.25, 0.3) is 0 Å². The van der Waals surface area contributed by atoms with Gasteiger partial charge < -0.3 is 5.32 Å². The standard InChI is InChI=1S/C16H17BrN2O3S/c1-11(13-4-3-5-14(17)10-13)19-23(21,22)15-8-6-12(7-9-15)16(20)18-2/h3-11,19H,1-2H3,(H,18,20). The largest absolute Gasteiger partial charge is 0.355 e. The Bertz CT molecular complexity index is 804. The second-order valence-corrected chi connectivity index (χ2v) is 7.63. The van der Waals surface area contributed by atoms with Crippen LogP contribution in [-0.2, 0) is 10.0 Å². The Morgan fingerprint density at radius 3 is 2.35 bits per heavy atom. The second-order valence-electron chi connectivity index (χ2n) is 5.00. The zero-order chi connectivity index (χ0) is 17.0. The Labute approximate surface area is 144 Å². The van der Waals surface area contributed by atoms with E-state index in [1.54, 1.807) is 6.92 Å². The number of rotatable bonds is 5. The highest BCUT2D eigenvalue weighted by Gasteiger charge is 2.19. The lowest BCUT2D eigenvalue weighted by atomic mass is 10.1. The Morgan fingerprint density at radius 1 is 1.13 bits per heavy atom. The van der Waals surface area contributed by atoms with E-state index in [0.29, 0.717) is 5.56 Å². The number of benzene rings is 2. The molecule has 0 saturated carbocycles. The molecule has 0 fully saturated rings. The summed E-state index contributed by atoms with van der Waals surface area (Å²) in [5, 5.41) is 2.49. The van der Waals surface area contributed by atoms with Crippen LogP contribution < -0.4 is 10.0 Å². The second kappa shape index (κ2) is 7.25. The van der Waals surface area contributed by atoms with E-state index >= 15 is 0 Å². The van der Waals surface area contributed by atoms with E-state index in [1.807, 2.05) is 24.3 Å². The number of carbonyl (C=O) groups is 1. The lowest BCUT2D eigenvalue weighted by Crippen LogP contribution is -2.27.